The second-order valence-electron chi connectivity index (χ2n) is 3.96. The standard InChI is InChI=1S/C12H17NO2/c13-7-6-9-3-2-8-15-12-10(9)4-1-5-11(12)14/h1,4-5,9,14H,2-3,6-8,13H2. The molecule has 2 rings (SSSR count). The number of ether oxygens (including phenoxy) is 1. The molecule has 1 aliphatic rings. The number of benzene rings is 1. The molecular weight excluding hydrogens is 190 g/mol. The first kappa shape index (κ1) is 10.3. The summed E-state index contributed by atoms with van der Waals surface area (Å²) in [6.07, 6.45) is 3.08. The Labute approximate surface area is 89.9 Å². The number of nitrogens with two attached hydrogens (primary N) is 1. The van der Waals surface area contributed by atoms with Gasteiger partial charge in [0.15, 0.2) is 11.5 Å². The van der Waals surface area contributed by atoms with Crippen molar-refractivity contribution in [1.29, 1.82) is 0 Å². The third kappa shape index (κ3) is 2.07. The maximum absolute atomic E-state index is 9.71. The number of aromatic hydroxyl groups is 1. The van der Waals surface area contributed by atoms with Gasteiger partial charge < -0.3 is 15.6 Å². The van der Waals surface area contributed by atoms with Crippen LogP contribution in [0, 0.1) is 0 Å². The molecule has 1 aromatic rings. The average Bonchev–Trinajstić information content (AvgIpc) is 2.43. The van der Waals surface area contributed by atoms with E-state index in [1.54, 1.807) is 6.07 Å². The van der Waals surface area contributed by atoms with Gasteiger partial charge in [-0.15, -0.1) is 0 Å². The molecule has 0 radical (unpaired) electrons. The molecule has 0 aliphatic carbocycles. The van der Waals surface area contributed by atoms with E-state index in [0.717, 1.165) is 24.8 Å². The van der Waals surface area contributed by atoms with Crippen LogP contribution in [-0.4, -0.2) is 18.3 Å². The Kier molecular flexibility index (Phi) is 3.11. The molecule has 1 atom stereocenters. The molecule has 0 aromatic heterocycles. The maximum atomic E-state index is 9.71. The highest BCUT2D eigenvalue weighted by Crippen LogP contribution is 2.40. The smallest absolute Gasteiger partial charge is 0.164 e. The molecule has 3 nitrogen and oxygen atoms in total. The summed E-state index contributed by atoms with van der Waals surface area (Å²) < 4.78 is 5.56. The second-order valence-corrected chi connectivity index (χ2v) is 3.96. The minimum Gasteiger partial charge on any atom is -0.504 e. The number of para-hydroxylation sites is 1. The molecule has 3 N–H and O–H groups in total. The van der Waals surface area contributed by atoms with Crippen LogP contribution in [0.1, 0.15) is 30.7 Å². The summed E-state index contributed by atoms with van der Waals surface area (Å²) in [7, 11) is 0. The largest absolute Gasteiger partial charge is 0.504 e. The number of hydrogen-bond donors (Lipinski definition) is 2. The summed E-state index contributed by atoms with van der Waals surface area (Å²) in [5.41, 5.74) is 6.71. The zero-order chi connectivity index (χ0) is 10.7. The Bertz CT molecular complexity index is 338. The van der Waals surface area contributed by atoms with Gasteiger partial charge in [0.25, 0.3) is 0 Å². The highest BCUT2D eigenvalue weighted by atomic mass is 16.5. The fourth-order valence-corrected chi connectivity index (χ4v) is 2.18. The number of phenolic OH excluding ortho intramolecular Hbond substituents is 1. The van der Waals surface area contributed by atoms with E-state index in [4.69, 9.17) is 10.5 Å². The Hall–Kier alpha value is -1.22. The monoisotopic (exact) mass is 207 g/mol. The molecule has 0 saturated carbocycles. The van der Waals surface area contributed by atoms with Gasteiger partial charge in [0, 0.05) is 5.56 Å². The highest BCUT2D eigenvalue weighted by molar-refractivity contribution is 5.47. The molecular formula is C12H17NO2. The van der Waals surface area contributed by atoms with Crippen molar-refractivity contribution in [2.75, 3.05) is 13.2 Å². The van der Waals surface area contributed by atoms with E-state index in [2.05, 4.69) is 0 Å². The van der Waals surface area contributed by atoms with Gasteiger partial charge in [-0.3, -0.25) is 0 Å². The summed E-state index contributed by atoms with van der Waals surface area (Å²) in [5, 5.41) is 9.71. The molecule has 0 amide bonds. The summed E-state index contributed by atoms with van der Waals surface area (Å²) >= 11 is 0. The van der Waals surface area contributed by atoms with E-state index >= 15 is 0 Å². The van der Waals surface area contributed by atoms with Gasteiger partial charge in [-0.1, -0.05) is 12.1 Å². The third-order valence-corrected chi connectivity index (χ3v) is 2.92. The minimum atomic E-state index is 0.247. The van der Waals surface area contributed by atoms with Crippen LogP contribution in [0.2, 0.25) is 0 Å². The van der Waals surface area contributed by atoms with Crippen molar-refractivity contribution in [3.63, 3.8) is 0 Å². The van der Waals surface area contributed by atoms with Crippen molar-refractivity contribution in [2.24, 2.45) is 5.73 Å². The Balaban J connectivity index is 2.36. The number of phenols is 1. The summed E-state index contributed by atoms with van der Waals surface area (Å²) in [6, 6.07) is 5.57. The van der Waals surface area contributed by atoms with Crippen molar-refractivity contribution < 1.29 is 9.84 Å². The fraction of sp³-hybridized carbons (Fsp3) is 0.500. The highest BCUT2D eigenvalue weighted by Gasteiger charge is 2.21. The molecule has 1 unspecified atom stereocenters. The Morgan fingerprint density at radius 2 is 2.33 bits per heavy atom. The molecule has 0 fully saturated rings. The SMILES string of the molecule is NCCC1CCCOc2c(O)cccc21. The van der Waals surface area contributed by atoms with Crippen molar-refractivity contribution >= 4 is 0 Å². The van der Waals surface area contributed by atoms with Crippen LogP contribution in [0.25, 0.3) is 0 Å². The Morgan fingerprint density at radius 1 is 1.47 bits per heavy atom. The maximum Gasteiger partial charge on any atom is 0.164 e. The van der Waals surface area contributed by atoms with E-state index in [-0.39, 0.29) is 5.75 Å². The summed E-state index contributed by atoms with van der Waals surface area (Å²) in [4.78, 5) is 0. The van der Waals surface area contributed by atoms with Crippen LogP contribution in [0.5, 0.6) is 11.5 Å². The van der Waals surface area contributed by atoms with Crippen LogP contribution in [-0.2, 0) is 0 Å². The minimum absolute atomic E-state index is 0.247. The molecule has 0 bridgehead atoms. The van der Waals surface area contributed by atoms with Crippen LogP contribution in [0.15, 0.2) is 18.2 Å². The zero-order valence-corrected chi connectivity index (χ0v) is 8.78. The van der Waals surface area contributed by atoms with E-state index in [1.165, 1.54) is 0 Å². The lowest BCUT2D eigenvalue weighted by atomic mass is 9.91. The van der Waals surface area contributed by atoms with Gasteiger partial charge in [-0.05, 0) is 37.8 Å². The van der Waals surface area contributed by atoms with Gasteiger partial charge in [-0.25, -0.2) is 0 Å². The first-order valence-corrected chi connectivity index (χ1v) is 5.47. The lowest BCUT2D eigenvalue weighted by molar-refractivity contribution is 0.299. The second kappa shape index (κ2) is 4.53. The predicted molar refractivity (Wildman–Crippen MR) is 59.2 cm³/mol. The molecule has 1 aliphatic heterocycles. The van der Waals surface area contributed by atoms with Crippen molar-refractivity contribution in [3.05, 3.63) is 23.8 Å². The first-order chi connectivity index (χ1) is 7.33. The van der Waals surface area contributed by atoms with Gasteiger partial charge in [0.05, 0.1) is 6.61 Å². The van der Waals surface area contributed by atoms with E-state index in [1.807, 2.05) is 12.1 Å². The van der Waals surface area contributed by atoms with Gasteiger partial charge in [-0.2, -0.15) is 0 Å². The van der Waals surface area contributed by atoms with Crippen LogP contribution in [0.3, 0.4) is 0 Å². The topological polar surface area (TPSA) is 55.5 Å². The van der Waals surface area contributed by atoms with Crippen LogP contribution >= 0.6 is 0 Å². The van der Waals surface area contributed by atoms with Gasteiger partial charge in [0.1, 0.15) is 0 Å². The van der Waals surface area contributed by atoms with Crippen molar-refractivity contribution in [3.8, 4) is 11.5 Å². The fourth-order valence-electron chi connectivity index (χ4n) is 2.18. The van der Waals surface area contributed by atoms with Crippen molar-refractivity contribution in [1.82, 2.24) is 0 Å². The van der Waals surface area contributed by atoms with Crippen LogP contribution in [0.4, 0.5) is 0 Å². The normalized spacial score (nSPS) is 20.2. The number of fused-ring (bicyclic) bond motifs is 1. The molecule has 1 heterocycles. The van der Waals surface area contributed by atoms with Gasteiger partial charge in [0.2, 0.25) is 0 Å². The first-order valence-electron chi connectivity index (χ1n) is 5.47. The molecule has 82 valence electrons. The Morgan fingerprint density at radius 3 is 3.13 bits per heavy atom. The lowest BCUT2D eigenvalue weighted by Gasteiger charge is -2.15. The van der Waals surface area contributed by atoms with E-state index in [0.29, 0.717) is 24.8 Å². The van der Waals surface area contributed by atoms with E-state index < -0.39 is 0 Å². The van der Waals surface area contributed by atoms with E-state index in [9.17, 15) is 5.11 Å². The molecule has 3 heteroatoms. The summed E-state index contributed by atoms with van der Waals surface area (Å²) in [5.74, 6) is 1.34. The summed E-state index contributed by atoms with van der Waals surface area (Å²) in [6.45, 7) is 1.37. The third-order valence-electron chi connectivity index (χ3n) is 2.92. The zero-order valence-electron chi connectivity index (χ0n) is 8.78. The molecule has 1 aromatic carbocycles. The quantitative estimate of drug-likeness (QED) is 0.779. The molecule has 0 spiro atoms. The lowest BCUT2D eigenvalue weighted by Crippen LogP contribution is -2.07. The number of hydrogen-bond acceptors (Lipinski definition) is 3. The van der Waals surface area contributed by atoms with Gasteiger partial charge >= 0.3 is 0 Å². The van der Waals surface area contributed by atoms with Crippen LogP contribution < -0.4 is 10.5 Å². The number of rotatable bonds is 2. The molecule has 15 heavy (non-hydrogen) atoms. The average molecular weight is 207 g/mol. The predicted octanol–water partition coefficient (Wildman–Crippen LogP) is 2.00. The molecule has 0 saturated heterocycles. The van der Waals surface area contributed by atoms with Crippen molar-refractivity contribution in [2.45, 2.75) is 25.2 Å².